The zero-order chi connectivity index (χ0) is 17.1. The van der Waals surface area contributed by atoms with Crippen LogP contribution in [-0.4, -0.2) is 42.5 Å². The molecule has 0 bridgehead atoms. The van der Waals surface area contributed by atoms with E-state index in [9.17, 15) is 9.59 Å². The molecule has 0 spiro atoms. The lowest BCUT2D eigenvalue weighted by atomic mass is 9.95. The molecular formula is C19H26N2O3. The number of piperidine rings is 1. The van der Waals surface area contributed by atoms with Gasteiger partial charge in [-0.2, -0.15) is 0 Å². The maximum Gasteiger partial charge on any atom is 0.251 e. The first kappa shape index (κ1) is 17.0. The smallest absolute Gasteiger partial charge is 0.251 e. The highest BCUT2D eigenvalue weighted by Crippen LogP contribution is 2.23. The highest BCUT2D eigenvalue weighted by Gasteiger charge is 2.32. The lowest BCUT2D eigenvalue weighted by Gasteiger charge is -2.32. The van der Waals surface area contributed by atoms with Gasteiger partial charge in [0.2, 0.25) is 5.91 Å². The maximum atomic E-state index is 12.5. The Morgan fingerprint density at radius 2 is 1.92 bits per heavy atom. The number of hydrogen-bond acceptors (Lipinski definition) is 3. The molecule has 2 amide bonds. The highest BCUT2D eigenvalue weighted by molar-refractivity contribution is 5.93. The van der Waals surface area contributed by atoms with Gasteiger partial charge >= 0.3 is 0 Å². The van der Waals surface area contributed by atoms with E-state index < -0.39 is 0 Å². The summed E-state index contributed by atoms with van der Waals surface area (Å²) in [7, 11) is 0. The molecule has 2 heterocycles. The van der Waals surface area contributed by atoms with Crippen molar-refractivity contribution >= 4 is 17.5 Å². The van der Waals surface area contributed by atoms with Gasteiger partial charge in [-0.1, -0.05) is 17.7 Å². The molecule has 1 aromatic carbocycles. The Morgan fingerprint density at radius 3 is 2.54 bits per heavy atom. The summed E-state index contributed by atoms with van der Waals surface area (Å²) < 4.78 is 5.47. The molecule has 1 N–H and O–H groups in total. The first-order chi connectivity index (χ1) is 11.5. The molecule has 1 aromatic rings. The summed E-state index contributed by atoms with van der Waals surface area (Å²) in [5, 5.41) is 3.04. The number of anilines is 1. The quantitative estimate of drug-likeness (QED) is 0.927. The van der Waals surface area contributed by atoms with E-state index in [0.29, 0.717) is 19.7 Å². The summed E-state index contributed by atoms with van der Waals surface area (Å²) in [5.74, 6) is 0.131. The van der Waals surface area contributed by atoms with Crippen molar-refractivity contribution < 1.29 is 14.3 Å². The lowest BCUT2D eigenvalue weighted by molar-refractivity contribution is -0.143. The maximum absolute atomic E-state index is 12.5. The molecule has 0 saturated carbocycles. The van der Waals surface area contributed by atoms with Gasteiger partial charge < -0.3 is 15.0 Å². The molecule has 130 valence electrons. The van der Waals surface area contributed by atoms with Gasteiger partial charge in [-0.05, 0) is 51.2 Å². The van der Waals surface area contributed by atoms with Gasteiger partial charge in [-0.15, -0.1) is 0 Å². The SMILES string of the molecule is Cc1ccc(NC(=O)C2CCN(C(=O)C3CCCO3)CC2)c(C)c1. The molecule has 0 radical (unpaired) electrons. The van der Waals surface area contributed by atoms with Crippen LogP contribution in [0.3, 0.4) is 0 Å². The molecule has 2 saturated heterocycles. The Hall–Kier alpha value is -1.88. The normalized spacial score (nSPS) is 21.8. The van der Waals surface area contributed by atoms with E-state index in [1.165, 1.54) is 5.56 Å². The number of amides is 2. The first-order valence-corrected chi connectivity index (χ1v) is 8.83. The van der Waals surface area contributed by atoms with E-state index in [1.54, 1.807) is 0 Å². The average molecular weight is 330 g/mol. The van der Waals surface area contributed by atoms with Gasteiger partial charge in [0, 0.05) is 31.3 Å². The fraction of sp³-hybridized carbons (Fsp3) is 0.579. The number of ether oxygens (including phenoxy) is 1. The number of benzene rings is 1. The molecule has 5 nitrogen and oxygen atoms in total. The van der Waals surface area contributed by atoms with E-state index in [-0.39, 0.29) is 23.8 Å². The first-order valence-electron chi connectivity index (χ1n) is 8.83. The van der Waals surface area contributed by atoms with Crippen LogP contribution >= 0.6 is 0 Å². The summed E-state index contributed by atoms with van der Waals surface area (Å²) >= 11 is 0. The highest BCUT2D eigenvalue weighted by atomic mass is 16.5. The Kier molecular flexibility index (Phi) is 5.19. The van der Waals surface area contributed by atoms with Crippen LogP contribution in [0, 0.1) is 19.8 Å². The number of likely N-dealkylation sites (tertiary alicyclic amines) is 1. The van der Waals surface area contributed by atoms with E-state index in [4.69, 9.17) is 4.74 Å². The zero-order valence-corrected chi connectivity index (χ0v) is 14.5. The largest absolute Gasteiger partial charge is 0.368 e. The number of hydrogen-bond donors (Lipinski definition) is 1. The second-order valence-corrected chi connectivity index (χ2v) is 6.91. The number of rotatable bonds is 3. The minimum Gasteiger partial charge on any atom is -0.368 e. The minimum atomic E-state index is -0.259. The molecule has 5 heteroatoms. The second-order valence-electron chi connectivity index (χ2n) is 6.91. The van der Waals surface area contributed by atoms with Crippen molar-refractivity contribution in [3.8, 4) is 0 Å². The fourth-order valence-electron chi connectivity index (χ4n) is 3.53. The summed E-state index contributed by atoms with van der Waals surface area (Å²) in [6, 6.07) is 6.03. The topological polar surface area (TPSA) is 58.6 Å². The Morgan fingerprint density at radius 1 is 1.17 bits per heavy atom. The predicted octanol–water partition coefficient (Wildman–Crippen LogP) is 2.66. The number of nitrogens with one attached hydrogen (secondary N) is 1. The minimum absolute atomic E-state index is 0.0285. The molecule has 3 rings (SSSR count). The van der Waals surface area contributed by atoms with Crippen molar-refractivity contribution in [3.05, 3.63) is 29.3 Å². The van der Waals surface area contributed by atoms with Gasteiger partial charge in [-0.25, -0.2) is 0 Å². The van der Waals surface area contributed by atoms with Crippen LogP contribution in [0.2, 0.25) is 0 Å². The van der Waals surface area contributed by atoms with Gasteiger partial charge in [0.15, 0.2) is 0 Å². The van der Waals surface area contributed by atoms with Crippen LogP contribution in [0.15, 0.2) is 18.2 Å². The number of nitrogens with zero attached hydrogens (tertiary/aromatic N) is 1. The molecule has 24 heavy (non-hydrogen) atoms. The third kappa shape index (κ3) is 3.78. The molecule has 0 aromatic heterocycles. The Labute approximate surface area is 143 Å². The molecule has 0 aliphatic carbocycles. The van der Waals surface area contributed by atoms with Crippen molar-refractivity contribution in [2.24, 2.45) is 5.92 Å². The second kappa shape index (κ2) is 7.34. The van der Waals surface area contributed by atoms with Crippen molar-refractivity contribution in [2.45, 2.75) is 45.6 Å². The van der Waals surface area contributed by atoms with E-state index in [2.05, 4.69) is 11.4 Å². The van der Waals surface area contributed by atoms with Crippen LogP contribution in [0.25, 0.3) is 0 Å². The van der Waals surface area contributed by atoms with Crippen LogP contribution < -0.4 is 5.32 Å². The molecule has 2 fully saturated rings. The molecule has 2 aliphatic heterocycles. The standard InChI is InChI=1S/C19H26N2O3/c1-13-5-6-16(14(2)12-13)20-18(22)15-7-9-21(10-8-15)19(23)17-4-3-11-24-17/h5-6,12,15,17H,3-4,7-11H2,1-2H3,(H,20,22). The summed E-state index contributed by atoms with van der Waals surface area (Å²) in [5.41, 5.74) is 3.14. The zero-order valence-electron chi connectivity index (χ0n) is 14.5. The van der Waals surface area contributed by atoms with Crippen LogP contribution in [0.5, 0.6) is 0 Å². The van der Waals surface area contributed by atoms with Crippen molar-refractivity contribution in [1.82, 2.24) is 4.90 Å². The van der Waals surface area contributed by atoms with Gasteiger partial charge in [0.1, 0.15) is 6.10 Å². The van der Waals surface area contributed by atoms with E-state index in [1.807, 2.05) is 30.9 Å². The molecular weight excluding hydrogens is 304 g/mol. The van der Waals surface area contributed by atoms with Crippen molar-refractivity contribution in [2.75, 3.05) is 25.0 Å². The van der Waals surface area contributed by atoms with Crippen LogP contribution in [-0.2, 0) is 14.3 Å². The monoisotopic (exact) mass is 330 g/mol. The van der Waals surface area contributed by atoms with E-state index >= 15 is 0 Å². The fourth-order valence-corrected chi connectivity index (χ4v) is 3.53. The summed E-state index contributed by atoms with van der Waals surface area (Å²) in [4.78, 5) is 26.7. The van der Waals surface area contributed by atoms with Gasteiger partial charge in [-0.3, -0.25) is 9.59 Å². The number of carbonyl (C=O) groups excluding carboxylic acids is 2. The third-order valence-electron chi connectivity index (χ3n) is 5.02. The number of aryl methyl sites for hydroxylation is 2. The Bertz CT molecular complexity index is 615. The van der Waals surface area contributed by atoms with Crippen LogP contribution in [0.1, 0.15) is 36.8 Å². The summed E-state index contributed by atoms with van der Waals surface area (Å²) in [6.45, 7) is 6.02. The average Bonchev–Trinajstić information content (AvgIpc) is 3.11. The predicted molar refractivity (Wildman–Crippen MR) is 92.8 cm³/mol. The van der Waals surface area contributed by atoms with Crippen LogP contribution in [0.4, 0.5) is 5.69 Å². The van der Waals surface area contributed by atoms with Crippen molar-refractivity contribution in [3.63, 3.8) is 0 Å². The number of carbonyl (C=O) groups is 2. The molecule has 1 atom stereocenters. The van der Waals surface area contributed by atoms with Crippen molar-refractivity contribution in [1.29, 1.82) is 0 Å². The molecule has 2 aliphatic rings. The van der Waals surface area contributed by atoms with E-state index in [0.717, 1.165) is 36.9 Å². The van der Waals surface area contributed by atoms with Gasteiger partial charge in [0.05, 0.1) is 0 Å². The third-order valence-corrected chi connectivity index (χ3v) is 5.02. The summed E-state index contributed by atoms with van der Waals surface area (Å²) in [6.07, 6.45) is 2.97. The van der Waals surface area contributed by atoms with Gasteiger partial charge in [0.25, 0.3) is 5.91 Å². The lowest BCUT2D eigenvalue weighted by Crippen LogP contribution is -2.45. The Balaban J connectivity index is 1.52. The molecule has 1 unspecified atom stereocenters.